The Labute approximate surface area is 154 Å². The Balaban J connectivity index is 1.38. The maximum absolute atomic E-state index is 12.2. The number of carbonyl (C=O) groups is 1. The molecule has 2 aromatic heterocycles. The van der Waals surface area contributed by atoms with Gasteiger partial charge in [-0.2, -0.15) is 0 Å². The van der Waals surface area contributed by atoms with E-state index in [1.165, 1.54) is 0 Å². The van der Waals surface area contributed by atoms with Gasteiger partial charge in [0.2, 0.25) is 5.95 Å². The zero-order valence-corrected chi connectivity index (χ0v) is 15.1. The molecule has 4 aromatic rings. The van der Waals surface area contributed by atoms with Crippen LogP contribution in [-0.2, 0) is 22.7 Å². The number of nitrogens with one attached hydrogen (secondary N) is 1. The lowest BCUT2D eigenvalue weighted by Gasteiger charge is -2.07. The molecule has 0 aliphatic carbocycles. The normalized spacial score (nSPS) is 11.3. The van der Waals surface area contributed by atoms with Gasteiger partial charge in [-0.15, -0.1) is 11.3 Å². The highest BCUT2D eigenvalue weighted by Gasteiger charge is 2.12. The number of thiazole rings is 1. The fourth-order valence-electron chi connectivity index (χ4n) is 2.86. The van der Waals surface area contributed by atoms with E-state index in [4.69, 9.17) is 4.74 Å². The van der Waals surface area contributed by atoms with Crippen molar-refractivity contribution in [2.45, 2.75) is 20.1 Å². The molecule has 1 N–H and O–H groups in total. The average Bonchev–Trinajstić information content (AvgIpc) is 3.21. The smallest absolute Gasteiger partial charge is 0.252 e. The van der Waals surface area contributed by atoms with E-state index in [0.717, 1.165) is 32.8 Å². The number of hydrogen-bond donors (Lipinski definition) is 1. The topological polar surface area (TPSA) is 69.0 Å². The molecule has 7 heteroatoms. The second-order valence-corrected chi connectivity index (χ2v) is 6.90. The van der Waals surface area contributed by atoms with Gasteiger partial charge in [0.15, 0.2) is 0 Å². The van der Waals surface area contributed by atoms with E-state index in [1.807, 2.05) is 60.0 Å². The van der Waals surface area contributed by atoms with Crippen molar-refractivity contribution in [3.63, 3.8) is 0 Å². The molecule has 1 amide bonds. The van der Waals surface area contributed by atoms with Crippen molar-refractivity contribution in [3.05, 3.63) is 53.5 Å². The fraction of sp³-hybridized carbons (Fsp3) is 0.211. The first kappa shape index (κ1) is 16.7. The van der Waals surface area contributed by atoms with Crippen molar-refractivity contribution in [1.82, 2.24) is 14.5 Å². The van der Waals surface area contributed by atoms with E-state index < -0.39 is 0 Å². The number of benzene rings is 2. The van der Waals surface area contributed by atoms with Crippen molar-refractivity contribution in [2.24, 2.45) is 0 Å². The maximum atomic E-state index is 12.2. The van der Waals surface area contributed by atoms with Gasteiger partial charge in [0, 0.05) is 6.54 Å². The van der Waals surface area contributed by atoms with Crippen molar-refractivity contribution < 1.29 is 9.53 Å². The predicted octanol–water partition coefficient (Wildman–Crippen LogP) is 3.82. The molecule has 0 bridgehead atoms. The zero-order valence-electron chi connectivity index (χ0n) is 14.3. The number of rotatable bonds is 6. The van der Waals surface area contributed by atoms with Gasteiger partial charge in [0.05, 0.1) is 27.9 Å². The van der Waals surface area contributed by atoms with Crippen LogP contribution in [0.15, 0.2) is 48.5 Å². The average molecular weight is 366 g/mol. The number of nitrogens with zero attached hydrogens (tertiary/aromatic N) is 3. The fourth-order valence-corrected chi connectivity index (χ4v) is 3.77. The number of aryl methyl sites for hydroxylation is 1. The summed E-state index contributed by atoms with van der Waals surface area (Å²) in [5, 5.41) is 3.70. The highest BCUT2D eigenvalue weighted by molar-refractivity contribution is 7.18. The third kappa shape index (κ3) is 3.31. The molecule has 0 saturated heterocycles. The number of aromatic nitrogens is 3. The molecule has 132 valence electrons. The van der Waals surface area contributed by atoms with Crippen molar-refractivity contribution in [1.29, 1.82) is 0 Å². The molecule has 0 aliphatic heterocycles. The minimum atomic E-state index is -0.226. The highest BCUT2D eigenvalue weighted by Crippen LogP contribution is 2.22. The summed E-state index contributed by atoms with van der Waals surface area (Å²) >= 11 is 1.58. The van der Waals surface area contributed by atoms with Gasteiger partial charge in [0.1, 0.15) is 11.6 Å². The highest BCUT2D eigenvalue weighted by atomic mass is 32.1. The number of imidazole rings is 1. The zero-order chi connectivity index (χ0) is 17.9. The standard InChI is InChI=1S/C19H18N4O2S/c1-2-23-15-9-5-3-7-13(15)21-19(23)22-17(24)11-25-12-18-20-14-8-4-6-10-16(14)26-18/h3-10H,2,11-12H2,1H3,(H,21,22,24). The first-order chi connectivity index (χ1) is 12.7. The van der Waals surface area contributed by atoms with Gasteiger partial charge in [-0.3, -0.25) is 10.1 Å². The summed E-state index contributed by atoms with van der Waals surface area (Å²) in [6, 6.07) is 15.8. The van der Waals surface area contributed by atoms with Crippen molar-refractivity contribution >= 4 is 44.4 Å². The van der Waals surface area contributed by atoms with Crippen LogP contribution in [0.25, 0.3) is 21.3 Å². The van der Waals surface area contributed by atoms with Crippen LogP contribution < -0.4 is 5.32 Å². The molecule has 0 unspecified atom stereocenters. The van der Waals surface area contributed by atoms with Crippen LogP contribution in [0.2, 0.25) is 0 Å². The third-order valence-corrected chi connectivity index (χ3v) is 5.03. The van der Waals surface area contributed by atoms with Gasteiger partial charge in [-0.25, -0.2) is 9.97 Å². The molecule has 0 aliphatic rings. The van der Waals surface area contributed by atoms with Crippen molar-refractivity contribution in [2.75, 3.05) is 11.9 Å². The first-order valence-corrected chi connectivity index (χ1v) is 9.23. The Hall–Kier alpha value is -2.77. The van der Waals surface area contributed by atoms with Crippen LogP contribution >= 0.6 is 11.3 Å². The first-order valence-electron chi connectivity index (χ1n) is 8.42. The molecular weight excluding hydrogens is 348 g/mol. The minimum Gasteiger partial charge on any atom is -0.364 e. The number of carbonyl (C=O) groups excluding carboxylic acids is 1. The van der Waals surface area contributed by atoms with E-state index in [-0.39, 0.29) is 12.5 Å². The maximum Gasteiger partial charge on any atom is 0.252 e. The summed E-state index contributed by atoms with van der Waals surface area (Å²) in [5.74, 6) is 0.318. The second kappa shape index (κ2) is 7.23. The third-order valence-electron chi connectivity index (χ3n) is 4.02. The van der Waals surface area contributed by atoms with E-state index in [1.54, 1.807) is 11.3 Å². The lowest BCUT2D eigenvalue weighted by atomic mass is 10.3. The number of fused-ring (bicyclic) bond motifs is 2. The van der Waals surface area contributed by atoms with Gasteiger partial charge in [-0.1, -0.05) is 24.3 Å². The molecule has 0 radical (unpaired) electrons. The molecule has 2 aromatic carbocycles. The van der Waals surface area contributed by atoms with Crippen LogP contribution in [0.5, 0.6) is 0 Å². The Morgan fingerprint density at radius 2 is 1.88 bits per heavy atom. The summed E-state index contributed by atoms with van der Waals surface area (Å²) in [7, 11) is 0. The molecule has 4 rings (SSSR count). The molecule has 0 atom stereocenters. The summed E-state index contributed by atoms with van der Waals surface area (Å²) in [6.07, 6.45) is 0. The van der Waals surface area contributed by atoms with Crippen LogP contribution in [0.1, 0.15) is 11.9 Å². The summed E-state index contributed by atoms with van der Waals surface area (Å²) in [4.78, 5) is 21.2. The lowest BCUT2D eigenvalue weighted by molar-refractivity contribution is -0.121. The molecule has 0 spiro atoms. The van der Waals surface area contributed by atoms with E-state index in [2.05, 4.69) is 15.3 Å². The quantitative estimate of drug-likeness (QED) is 0.563. The van der Waals surface area contributed by atoms with Gasteiger partial charge in [-0.05, 0) is 31.2 Å². The number of anilines is 1. The molecule has 2 heterocycles. The number of ether oxygens (including phenoxy) is 1. The molecule has 0 saturated carbocycles. The van der Waals surface area contributed by atoms with Crippen molar-refractivity contribution in [3.8, 4) is 0 Å². The molecule has 0 fully saturated rings. The van der Waals surface area contributed by atoms with Gasteiger partial charge in [0.25, 0.3) is 5.91 Å². The Kier molecular flexibility index (Phi) is 4.64. The number of hydrogen-bond acceptors (Lipinski definition) is 5. The van der Waals surface area contributed by atoms with Crippen LogP contribution in [-0.4, -0.2) is 27.0 Å². The van der Waals surface area contributed by atoms with Gasteiger partial charge >= 0.3 is 0 Å². The van der Waals surface area contributed by atoms with Crippen LogP contribution in [0, 0.1) is 0 Å². The number of amides is 1. The van der Waals surface area contributed by atoms with E-state index >= 15 is 0 Å². The molecular formula is C19H18N4O2S. The Morgan fingerprint density at radius 3 is 2.69 bits per heavy atom. The summed E-state index contributed by atoms with van der Waals surface area (Å²) in [6.45, 7) is 3.02. The second-order valence-electron chi connectivity index (χ2n) is 5.78. The largest absolute Gasteiger partial charge is 0.364 e. The van der Waals surface area contributed by atoms with E-state index in [0.29, 0.717) is 12.6 Å². The summed E-state index contributed by atoms with van der Waals surface area (Å²) < 4.78 is 8.62. The molecule has 6 nitrogen and oxygen atoms in total. The lowest BCUT2D eigenvalue weighted by Crippen LogP contribution is -2.20. The molecule has 26 heavy (non-hydrogen) atoms. The van der Waals surface area contributed by atoms with E-state index in [9.17, 15) is 4.79 Å². The Morgan fingerprint density at radius 1 is 1.12 bits per heavy atom. The predicted molar refractivity (Wildman–Crippen MR) is 103 cm³/mol. The van der Waals surface area contributed by atoms with Crippen LogP contribution in [0.3, 0.4) is 0 Å². The van der Waals surface area contributed by atoms with Gasteiger partial charge < -0.3 is 9.30 Å². The Bertz CT molecular complexity index is 1040. The van der Waals surface area contributed by atoms with Crippen LogP contribution in [0.4, 0.5) is 5.95 Å². The SMILES string of the molecule is CCn1c(NC(=O)COCc2nc3ccccc3s2)nc2ccccc21. The summed E-state index contributed by atoms with van der Waals surface area (Å²) in [5.41, 5.74) is 2.82. The minimum absolute atomic E-state index is 0.0388. The number of para-hydroxylation sites is 3. The monoisotopic (exact) mass is 366 g/mol.